The van der Waals surface area contributed by atoms with E-state index in [2.05, 4.69) is 0 Å². The lowest BCUT2D eigenvalue weighted by Crippen LogP contribution is -2.14. The molecule has 0 bridgehead atoms. The molecule has 0 aromatic heterocycles. The minimum atomic E-state index is -0.902. The minimum Gasteiger partial charge on any atom is -0.395 e. The van der Waals surface area contributed by atoms with Gasteiger partial charge in [-0.1, -0.05) is 12.1 Å². The maximum atomic E-state index is 11.7. The van der Waals surface area contributed by atoms with Gasteiger partial charge in [0.25, 0.3) is 5.69 Å². The van der Waals surface area contributed by atoms with Crippen LogP contribution in [0.3, 0.4) is 0 Å². The highest BCUT2D eigenvalue weighted by Gasteiger charge is 2.10. The molecular formula is C16H16N2O5. The number of carbonyl (C=O) groups is 1. The Labute approximate surface area is 133 Å². The van der Waals surface area contributed by atoms with Gasteiger partial charge < -0.3 is 14.4 Å². The Morgan fingerprint density at radius 1 is 1.09 bits per heavy atom. The highest BCUT2D eigenvalue weighted by Crippen LogP contribution is 2.19. The van der Waals surface area contributed by atoms with Gasteiger partial charge in [0.15, 0.2) is 0 Å². The van der Waals surface area contributed by atoms with E-state index in [1.807, 2.05) is 25.1 Å². The van der Waals surface area contributed by atoms with Gasteiger partial charge in [-0.05, 0) is 43.9 Å². The van der Waals surface area contributed by atoms with Gasteiger partial charge in [-0.25, -0.2) is 4.79 Å². The van der Waals surface area contributed by atoms with Gasteiger partial charge in [0.1, 0.15) is 11.5 Å². The third-order valence-electron chi connectivity index (χ3n) is 2.85. The number of rotatable bonds is 5. The molecule has 120 valence electrons. The van der Waals surface area contributed by atoms with E-state index in [1.165, 1.54) is 24.3 Å². The first kappa shape index (κ1) is 16.4. The molecule has 0 atom stereocenters. The number of ether oxygens (including phenoxy) is 2. The van der Waals surface area contributed by atoms with E-state index in [1.54, 1.807) is 18.2 Å². The van der Waals surface area contributed by atoms with Gasteiger partial charge in [0.2, 0.25) is 0 Å². The second-order valence-corrected chi connectivity index (χ2v) is 5.09. The van der Waals surface area contributed by atoms with Crippen LogP contribution in [0, 0.1) is 10.1 Å². The van der Waals surface area contributed by atoms with Crippen LogP contribution >= 0.6 is 0 Å². The van der Waals surface area contributed by atoms with Gasteiger partial charge in [0, 0.05) is 18.7 Å². The molecule has 2 aromatic rings. The van der Waals surface area contributed by atoms with E-state index in [0.29, 0.717) is 12.3 Å². The highest BCUT2D eigenvalue weighted by atomic mass is 16.7. The van der Waals surface area contributed by atoms with Crippen molar-refractivity contribution >= 4 is 11.8 Å². The zero-order valence-electron chi connectivity index (χ0n) is 12.8. The number of nitrogens with zero attached hydrogens (tertiary/aromatic N) is 2. The molecule has 0 saturated heterocycles. The van der Waals surface area contributed by atoms with Crippen LogP contribution in [0.1, 0.15) is 5.56 Å². The molecule has 7 nitrogen and oxygen atoms in total. The van der Waals surface area contributed by atoms with Crippen LogP contribution in [0.5, 0.6) is 11.5 Å². The fourth-order valence-electron chi connectivity index (χ4n) is 1.92. The van der Waals surface area contributed by atoms with Gasteiger partial charge >= 0.3 is 6.16 Å². The Bertz CT molecular complexity index is 698. The van der Waals surface area contributed by atoms with Crippen molar-refractivity contribution < 1.29 is 19.2 Å². The van der Waals surface area contributed by atoms with Gasteiger partial charge in [-0.3, -0.25) is 10.1 Å². The van der Waals surface area contributed by atoms with Crippen LogP contribution in [0.2, 0.25) is 0 Å². The van der Waals surface area contributed by atoms with Crippen LogP contribution < -0.4 is 9.47 Å². The van der Waals surface area contributed by atoms with Crippen LogP contribution in [-0.2, 0) is 6.54 Å². The summed E-state index contributed by atoms with van der Waals surface area (Å²) < 4.78 is 10.1. The number of nitro groups is 1. The molecule has 0 saturated carbocycles. The molecule has 0 unspecified atom stereocenters. The number of nitro benzene ring substituents is 1. The smallest absolute Gasteiger partial charge is 0.395 e. The summed E-state index contributed by atoms with van der Waals surface area (Å²) in [6, 6.07) is 12.3. The van der Waals surface area contributed by atoms with Crippen molar-refractivity contribution in [1.29, 1.82) is 0 Å². The Morgan fingerprint density at radius 2 is 1.74 bits per heavy atom. The Hall–Kier alpha value is -2.93. The molecule has 23 heavy (non-hydrogen) atoms. The fourth-order valence-corrected chi connectivity index (χ4v) is 1.92. The molecule has 0 heterocycles. The average molecular weight is 316 g/mol. The van der Waals surface area contributed by atoms with Crippen molar-refractivity contribution in [1.82, 2.24) is 4.90 Å². The van der Waals surface area contributed by atoms with Gasteiger partial charge in [0.05, 0.1) is 4.92 Å². The average Bonchev–Trinajstić information content (AvgIpc) is 2.47. The first-order valence-corrected chi connectivity index (χ1v) is 6.82. The Kier molecular flexibility index (Phi) is 5.27. The second kappa shape index (κ2) is 7.37. The van der Waals surface area contributed by atoms with Crippen molar-refractivity contribution in [2.45, 2.75) is 6.54 Å². The number of non-ortho nitro benzene ring substituents is 1. The lowest BCUT2D eigenvalue weighted by atomic mass is 10.2. The molecular weight excluding hydrogens is 300 g/mol. The summed E-state index contributed by atoms with van der Waals surface area (Å²) in [6.45, 7) is 0.717. The number of benzene rings is 2. The third kappa shape index (κ3) is 5.08. The molecule has 2 rings (SSSR count). The fraction of sp³-hybridized carbons (Fsp3) is 0.188. The topological polar surface area (TPSA) is 81.9 Å². The summed E-state index contributed by atoms with van der Waals surface area (Å²) in [5.74, 6) is 0.543. The number of hydrogen-bond acceptors (Lipinski definition) is 6. The number of carbonyl (C=O) groups excluding carboxylic acids is 1. The predicted molar refractivity (Wildman–Crippen MR) is 83.6 cm³/mol. The first-order valence-electron chi connectivity index (χ1n) is 6.82. The summed E-state index contributed by atoms with van der Waals surface area (Å²) in [6.07, 6.45) is -0.902. The van der Waals surface area contributed by atoms with E-state index in [-0.39, 0.29) is 11.4 Å². The monoisotopic (exact) mass is 316 g/mol. The molecule has 2 aromatic carbocycles. The third-order valence-corrected chi connectivity index (χ3v) is 2.85. The normalized spacial score (nSPS) is 10.4. The standard InChI is InChI=1S/C16H16N2O5/c1-17(2)11-12-4-3-5-15(10-12)23-16(19)22-14-8-6-13(7-9-14)18(20)21/h3-10H,11H2,1-2H3. The molecule has 0 aliphatic heterocycles. The Balaban J connectivity index is 1.97. The molecule has 0 aliphatic carbocycles. The highest BCUT2D eigenvalue weighted by molar-refractivity contribution is 5.67. The van der Waals surface area contributed by atoms with Gasteiger partial charge in [-0.2, -0.15) is 0 Å². The summed E-state index contributed by atoms with van der Waals surface area (Å²) in [7, 11) is 3.88. The van der Waals surface area contributed by atoms with E-state index >= 15 is 0 Å². The predicted octanol–water partition coefficient (Wildman–Crippen LogP) is 3.23. The second-order valence-electron chi connectivity index (χ2n) is 5.09. The molecule has 0 radical (unpaired) electrons. The van der Waals surface area contributed by atoms with E-state index in [4.69, 9.17) is 9.47 Å². The summed E-state index contributed by atoms with van der Waals surface area (Å²) >= 11 is 0. The van der Waals surface area contributed by atoms with E-state index in [0.717, 1.165) is 5.56 Å². The SMILES string of the molecule is CN(C)Cc1cccc(OC(=O)Oc2ccc([N+](=O)[O-])cc2)c1. The van der Waals surface area contributed by atoms with Crippen molar-refractivity contribution in [2.75, 3.05) is 14.1 Å². The molecule has 0 fully saturated rings. The van der Waals surface area contributed by atoms with Crippen molar-refractivity contribution in [3.8, 4) is 11.5 Å². The lowest BCUT2D eigenvalue weighted by molar-refractivity contribution is -0.384. The van der Waals surface area contributed by atoms with Crippen LogP contribution in [0.15, 0.2) is 48.5 Å². The zero-order chi connectivity index (χ0) is 16.8. The number of hydrogen-bond donors (Lipinski definition) is 0. The molecule has 7 heteroatoms. The van der Waals surface area contributed by atoms with Crippen LogP contribution in [0.4, 0.5) is 10.5 Å². The molecule has 0 N–H and O–H groups in total. The molecule has 0 amide bonds. The summed E-state index contributed by atoms with van der Waals surface area (Å²) in [4.78, 5) is 23.8. The molecule has 0 aliphatic rings. The summed E-state index contributed by atoms with van der Waals surface area (Å²) in [5.41, 5.74) is 0.915. The first-order chi connectivity index (χ1) is 10.9. The van der Waals surface area contributed by atoms with E-state index < -0.39 is 11.1 Å². The largest absolute Gasteiger partial charge is 0.519 e. The van der Waals surface area contributed by atoms with Crippen molar-refractivity contribution in [2.24, 2.45) is 0 Å². The van der Waals surface area contributed by atoms with Crippen LogP contribution in [-0.4, -0.2) is 30.1 Å². The molecule has 0 spiro atoms. The van der Waals surface area contributed by atoms with Crippen molar-refractivity contribution in [3.05, 3.63) is 64.2 Å². The van der Waals surface area contributed by atoms with Crippen molar-refractivity contribution in [3.63, 3.8) is 0 Å². The maximum Gasteiger partial charge on any atom is 0.519 e. The maximum absolute atomic E-state index is 11.7. The summed E-state index contributed by atoms with van der Waals surface area (Å²) in [5, 5.41) is 10.6. The van der Waals surface area contributed by atoms with E-state index in [9.17, 15) is 14.9 Å². The minimum absolute atomic E-state index is 0.0814. The lowest BCUT2D eigenvalue weighted by Gasteiger charge is -2.11. The van der Waals surface area contributed by atoms with Crippen LogP contribution in [0.25, 0.3) is 0 Å². The Morgan fingerprint density at radius 3 is 2.35 bits per heavy atom. The zero-order valence-corrected chi connectivity index (χ0v) is 12.8. The quantitative estimate of drug-likeness (QED) is 0.364. The van der Waals surface area contributed by atoms with Gasteiger partial charge in [-0.15, -0.1) is 0 Å².